The van der Waals surface area contributed by atoms with Crippen molar-refractivity contribution < 1.29 is 9.53 Å². The third kappa shape index (κ3) is 5.97. The van der Waals surface area contributed by atoms with E-state index in [2.05, 4.69) is 0 Å². The Labute approximate surface area is 87.0 Å². The van der Waals surface area contributed by atoms with E-state index in [0.29, 0.717) is 6.61 Å². The Morgan fingerprint density at radius 3 is 2.50 bits per heavy atom. The van der Waals surface area contributed by atoms with E-state index in [4.69, 9.17) is 10.5 Å². The molecule has 0 saturated carbocycles. The lowest BCUT2D eigenvalue weighted by Gasteiger charge is -2.12. The molecule has 1 atom stereocenters. The summed E-state index contributed by atoms with van der Waals surface area (Å²) in [6.07, 6.45) is 5.07. The predicted octanol–water partition coefficient (Wildman–Crippen LogP) is 2.09. The molecule has 0 amide bonds. The summed E-state index contributed by atoms with van der Waals surface area (Å²) in [5.41, 5.74) is 5.39. The first-order chi connectivity index (χ1) is 6.76. The monoisotopic (exact) mass is 201 g/mol. The quantitative estimate of drug-likeness (QED) is 0.483. The average molecular weight is 201 g/mol. The summed E-state index contributed by atoms with van der Waals surface area (Å²) in [7, 11) is 0. The Morgan fingerprint density at radius 1 is 1.29 bits per heavy atom. The summed E-state index contributed by atoms with van der Waals surface area (Å²) in [6.45, 7) is 5.11. The van der Waals surface area contributed by atoms with Crippen molar-refractivity contribution in [1.29, 1.82) is 0 Å². The van der Waals surface area contributed by atoms with Crippen molar-refractivity contribution in [3.8, 4) is 0 Å². The summed E-state index contributed by atoms with van der Waals surface area (Å²) in [5.74, 6) is 0.0514. The van der Waals surface area contributed by atoms with Crippen LogP contribution in [-0.4, -0.2) is 19.1 Å². The molecule has 2 N–H and O–H groups in total. The molecule has 0 aliphatic rings. The fourth-order valence-corrected chi connectivity index (χ4v) is 1.46. The average Bonchev–Trinajstić information content (AvgIpc) is 2.18. The lowest BCUT2D eigenvalue weighted by atomic mass is 9.99. The van der Waals surface area contributed by atoms with Gasteiger partial charge in [-0.2, -0.15) is 0 Å². The van der Waals surface area contributed by atoms with Gasteiger partial charge < -0.3 is 10.5 Å². The second kappa shape index (κ2) is 9.00. The topological polar surface area (TPSA) is 52.3 Å². The highest BCUT2D eigenvalue weighted by Crippen LogP contribution is 2.14. The Kier molecular flexibility index (Phi) is 8.64. The maximum absolute atomic E-state index is 11.4. The van der Waals surface area contributed by atoms with Crippen LogP contribution in [0.4, 0.5) is 0 Å². The van der Waals surface area contributed by atoms with Crippen LogP contribution in [0.25, 0.3) is 0 Å². The van der Waals surface area contributed by atoms with Crippen molar-refractivity contribution in [2.24, 2.45) is 11.7 Å². The van der Waals surface area contributed by atoms with Crippen LogP contribution in [-0.2, 0) is 9.53 Å². The van der Waals surface area contributed by atoms with Crippen molar-refractivity contribution >= 4 is 5.97 Å². The van der Waals surface area contributed by atoms with Crippen molar-refractivity contribution in [2.75, 3.05) is 13.2 Å². The molecule has 0 aromatic heterocycles. The van der Waals surface area contributed by atoms with Crippen LogP contribution in [0.5, 0.6) is 0 Å². The third-order valence-electron chi connectivity index (χ3n) is 2.37. The molecule has 3 nitrogen and oxygen atoms in total. The number of hydrogen-bond donors (Lipinski definition) is 1. The van der Waals surface area contributed by atoms with Gasteiger partial charge in [0.25, 0.3) is 0 Å². The number of esters is 1. The van der Waals surface area contributed by atoms with Gasteiger partial charge in [-0.3, -0.25) is 4.79 Å². The lowest BCUT2D eigenvalue weighted by molar-refractivity contribution is -0.148. The normalized spacial score (nSPS) is 12.5. The molecule has 0 fully saturated rings. The molecule has 3 heteroatoms. The summed E-state index contributed by atoms with van der Waals surface area (Å²) >= 11 is 0. The number of carbonyl (C=O) groups is 1. The van der Waals surface area contributed by atoms with E-state index in [0.717, 1.165) is 38.6 Å². The lowest BCUT2D eigenvalue weighted by Crippen LogP contribution is -2.17. The molecule has 0 bridgehead atoms. The standard InChI is InChI=1S/C11H23NO2/c1-3-10(11(13)14-4-2)8-6-5-7-9-12/h10H,3-9,12H2,1-2H3. The van der Waals surface area contributed by atoms with Crippen LogP contribution in [0, 0.1) is 5.92 Å². The van der Waals surface area contributed by atoms with Crippen molar-refractivity contribution in [3.63, 3.8) is 0 Å². The zero-order valence-electron chi connectivity index (χ0n) is 9.42. The van der Waals surface area contributed by atoms with Gasteiger partial charge in [0.2, 0.25) is 0 Å². The van der Waals surface area contributed by atoms with E-state index < -0.39 is 0 Å². The molecule has 0 spiro atoms. The molecule has 0 aliphatic heterocycles. The Morgan fingerprint density at radius 2 is 2.00 bits per heavy atom. The highest BCUT2D eigenvalue weighted by molar-refractivity contribution is 5.72. The van der Waals surface area contributed by atoms with E-state index in [1.807, 2.05) is 13.8 Å². The molecular weight excluding hydrogens is 178 g/mol. The van der Waals surface area contributed by atoms with Crippen molar-refractivity contribution in [2.45, 2.75) is 46.0 Å². The number of nitrogens with two attached hydrogens (primary N) is 1. The van der Waals surface area contributed by atoms with Gasteiger partial charge in [-0.25, -0.2) is 0 Å². The molecule has 14 heavy (non-hydrogen) atoms. The number of rotatable bonds is 8. The largest absolute Gasteiger partial charge is 0.466 e. The van der Waals surface area contributed by atoms with E-state index in [1.165, 1.54) is 0 Å². The molecule has 84 valence electrons. The van der Waals surface area contributed by atoms with Gasteiger partial charge in [-0.05, 0) is 32.7 Å². The minimum Gasteiger partial charge on any atom is -0.466 e. The molecule has 1 unspecified atom stereocenters. The van der Waals surface area contributed by atoms with Gasteiger partial charge in [-0.15, -0.1) is 0 Å². The minimum atomic E-state index is -0.0391. The molecule has 0 aromatic rings. The van der Waals surface area contributed by atoms with Crippen LogP contribution in [0.15, 0.2) is 0 Å². The van der Waals surface area contributed by atoms with Gasteiger partial charge in [0.05, 0.1) is 12.5 Å². The van der Waals surface area contributed by atoms with Gasteiger partial charge >= 0.3 is 5.97 Å². The first kappa shape index (κ1) is 13.4. The Bertz CT molecular complexity index is 148. The first-order valence-electron chi connectivity index (χ1n) is 5.62. The fourth-order valence-electron chi connectivity index (χ4n) is 1.46. The number of hydrogen-bond acceptors (Lipinski definition) is 3. The van der Waals surface area contributed by atoms with Crippen LogP contribution < -0.4 is 5.73 Å². The number of unbranched alkanes of at least 4 members (excludes halogenated alkanes) is 2. The second-order valence-corrected chi connectivity index (χ2v) is 3.50. The molecular formula is C11H23NO2. The van der Waals surface area contributed by atoms with Gasteiger partial charge in [0, 0.05) is 0 Å². The Hall–Kier alpha value is -0.570. The molecule has 0 heterocycles. The van der Waals surface area contributed by atoms with Crippen LogP contribution in [0.2, 0.25) is 0 Å². The SMILES string of the molecule is CCOC(=O)C(CC)CCCCCN. The molecule has 0 saturated heterocycles. The zero-order chi connectivity index (χ0) is 10.8. The minimum absolute atomic E-state index is 0.0391. The first-order valence-corrected chi connectivity index (χ1v) is 5.62. The van der Waals surface area contributed by atoms with Gasteiger partial charge in [0.1, 0.15) is 0 Å². The van der Waals surface area contributed by atoms with Crippen molar-refractivity contribution in [1.82, 2.24) is 0 Å². The summed E-state index contributed by atoms with van der Waals surface area (Å²) < 4.78 is 4.99. The van der Waals surface area contributed by atoms with Crippen molar-refractivity contribution in [3.05, 3.63) is 0 Å². The van der Waals surface area contributed by atoms with E-state index in [-0.39, 0.29) is 11.9 Å². The number of ether oxygens (including phenoxy) is 1. The highest BCUT2D eigenvalue weighted by atomic mass is 16.5. The zero-order valence-corrected chi connectivity index (χ0v) is 9.42. The van der Waals surface area contributed by atoms with Crippen LogP contribution in [0.3, 0.4) is 0 Å². The fraction of sp³-hybridized carbons (Fsp3) is 0.909. The third-order valence-corrected chi connectivity index (χ3v) is 2.37. The van der Waals surface area contributed by atoms with E-state index in [9.17, 15) is 4.79 Å². The van der Waals surface area contributed by atoms with Gasteiger partial charge in [-0.1, -0.05) is 19.8 Å². The smallest absolute Gasteiger partial charge is 0.308 e. The Balaban J connectivity index is 3.62. The molecule has 0 radical (unpaired) electrons. The molecule has 0 rings (SSSR count). The van der Waals surface area contributed by atoms with Crippen LogP contribution >= 0.6 is 0 Å². The molecule has 0 aliphatic carbocycles. The second-order valence-electron chi connectivity index (χ2n) is 3.50. The summed E-state index contributed by atoms with van der Waals surface area (Å²) in [5, 5.41) is 0. The maximum atomic E-state index is 11.4. The number of carbonyl (C=O) groups excluding carboxylic acids is 1. The van der Waals surface area contributed by atoms with E-state index in [1.54, 1.807) is 0 Å². The predicted molar refractivity (Wildman–Crippen MR) is 57.9 cm³/mol. The maximum Gasteiger partial charge on any atom is 0.308 e. The van der Waals surface area contributed by atoms with Crippen LogP contribution in [0.1, 0.15) is 46.0 Å². The van der Waals surface area contributed by atoms with E-state index >= 15 is 0 Å². The molecule has 0 aromatic carbocycles. The summed E-state index contributed by atoms with van der Waals surface area (Å²) in [6, 6.07) is 0. The summed E-state index contributed by atoms with van der Waals surface area (Å²) in [4.78, 5) is 11.4. The van der Waals surface area contributed by atoms with Gasteiger partial charge in [0.15, 0.2) is 0 Å². The highest BCUT2D eigenvalue weighted by Gasteiger charge is 2.16.